The molecule has 3 aromatic carbocycles. The smallest absolute Gasteiger partial charge is 0.140 e. The Hall–Kier alpha value is -2.38. The zero-order valence-corrected chi connectivity index (χ0v) is 14.0. The molecule has 1 N–H and O–H groups in total. The fourth-order valence-corrected chi connectivity index (χ4v) is 2.82. The van der Waals surface area contributed by atoms with E-state index in [-0.39, 0.29) is 0 Å². The van der Waals surface area contributed by atoms with Crippen molar-refractivity contribution in [3.8, 4) is 0 Å². The number of aliphatic hydroxyl groups is 1. The van der Waals surface area contributed by atoms with Gasteiger partial charge in [0.05, 0.1) is 0 Å². The minimum absolute atomic E-state index is 0.880. The zero-order valence-electron chi connectivity index (χ0n) is 14.0. The van der Waals surface area contributed by atoms with Crippen molar-refractivity contribution in [2.75, 3.05) is 0 Å². The van der Waals surface area contributed by atoms with Crippen molar-refractivity contribution in [1.82, 2.24) is 0 Å². The summed E-state index contributed by atoms with van der Waals surface area (Å²) in [6.45, 7) is 6.03. The minimum atomic E-state index is -1.13. The fraction of sp³-hybridized carbons (Fsp3) is 0.182. The Kier molecular flexibility index (Phi) is 5.72. The maximum absolute atomic E-state index is 11.6. The van der Waals surface area contributed by atoms with E-state index in [0.717, 1.165) is 22.3 Å². The largest absolute Gasteiger partial charge is 0.376 e. The number of rotatable bonds is 3. The number of benzene rings is 3. The van der Waals surface area contributed by atoms with Gasteiger partial charge >= 0.3 is 0 Å². The number of hydrogen-bond acceptors (Lipinski definition) is 1. The molecule has 0 unspecified atom stereocenters. The summed E-state index contributed by atoms with van der Waals surface area (Å²) in [5.74, 6) is 0. The molecule has 0 aliphatic heterocycles. The maximum atomic E-state index is 11.6. The summed E-state index contributed by atoms with van der Waals surface area (Å²) in [6, 6.07) is 27.7. The van der Waals surface area contributed by atoms with Crippen LogP contribution in [-0.2, 0) is 5.60 Å². The molecule has 0 atom stereocenters. The van der Waals surface area contributed by atoms with Crippen LogP contribution in [0.5, 0.6) is 0 Å². The first-order valence-corrected chi connectivity index (χ1v) is 8.12. The van der Waals surface area contributed by atoms with Gasteiger partial charge in [0.15, 0.2) is 0 Å². The Morgan fingerprint density at radius 2 is 1.00 bits per heavy atom. The van der Waals surface area contributed by atoms with Crippen LogP contribution < -0.4 is 0 Å². The highest BCUT2D eigenvalue weighted by molar-refractivity contribution is 5.49. The van der Waals surface area contributed by atoms with Gasteiger partial charge < -0.3 is 5.11 Å². The minimum Gasteiger partial charge on any atom is -0.376 e. The van der Waals surface area contributed by atoms with Gasteiger partial charge in [-0.25, -0.2) is 0 Å². The predicted molar refractivity (Wildman–Crippen MR) is 97.5 cm³/mol. The highest BCUT2D eigenvalue weighted by atomic mass is 16.3. The lowest BCUT2D eigenvalue weighted by atomic mass is 9.79. The van der Waals surface area contributed by atoms with Gasteiger partial charge in [-0.1, -0.05) is 98.8 Å². The third-order valence-electron chi connectivity index (χ3n) is 3.92. The summed E-state index contributed by atoms with van der Waals surface area (Å²) in [5.41, 5.74) is 2.62. The molecule has 0 fully saturated rings. The molecule has 0 spiro atoms. The van der Waals surface area contributed by atoms with E-state index in [1.807, 2.05) is 106 Å². The van der Waals surface area contributed by atoms with Crippen LogP contribution in [0.1, 0.15) is 36.1 Å². The van der Waals surface area contributed by atoms with Crippen LogP contribution in [-0.4, -0.2) is 5.11 Å². The number of aryl methyl sites for hydroxylation is 1. The normalized spacial score (nSPS) is 10.6. The molecular weight excluding hydrogens is 280 g/mol. The summed E-state index contributed by atoms with van der Waals surface area (Å²) in [4.78, 5) is 0. The van der Waals surface area contributed by atoms with Crippen LogP contribution in [0.4, 0.5) is 0 Å². The second kappa shape index (κ2) is 7.75. The van der Waals surface area contributed by atoms with Crippen molar-refractivity contribution in [3.05, 3.63) is 107 Å². The second-order valence-electron chi connectivity index (χ2n) is 5.26. The van der Waals surface area contributed by atoms with Gasteiger partial charge in [0.25, 0.3) is 0 Å². The molecule has 0 bridgehead atoms. The van der Waals surface area contributed by atoms with E-state index in [1.54, 1.807) is 0 Å². The van der Waals surface area contributed by atoms with Crippen LogP contribution in [0.25, 0.3) is 0 Å². The third-order valence-corrected chi connectivity index (χ3v) is 3.92. The fourth-order valence-electron chi connectivity index (χ4n) is 2.82. The molecule has 0 aliphatic carbocycles. The molecule has 1 heteroatoms. The maximum Gasteiger partial charge on any atom is 0.140 e. The summed E-state index contributed by atoms with van der Waals surface area (Å²) in [5, 5.41) is 11.6. The Labute approximate surface area is 139 Å². The van der Waals surface area contributed by atoms with E-state index in [1.165, 1.54) is 0 Å². The van der Waals surface area contributed by atoms with Gasteiger partial charge in [-0.2, -0.15) is 0 Å². The van der Waals surface area contributed by atoms with Crippen LogP contribution in [0, 0.1) is 6.92 Å². The molecule has 0 aromatic heterocycles. The van der Waals surface area contributed by atoms with E-state index in [9.17, 15) is 5.11 Å². The van der Waals surface area contributed by atoms with E-state index in [2.05, 4.69) is 0 Å². The SMILES string of the molecule is CC.Cc1ccccc1C(O)(c1ccccc1)c1ccccc1. The van der Waals surface area contributed by atoms with Crippen molar-refractivity contribution in [2.24, 2.45) is 0 Å². The van der Waals surface area contributed by atoms with Gasteiger partial charge in [0, 0.05) is 0 Å². The molecule has 3 aromatic rings. The van der Waals surface area contributed by atoms with Crippen LogP contribution in [0.3, 0.4) is 0 Å². The zero-order chi connectivity index (χ0) is 16.7. The summed E-state index contributed by atoms with van der Waals surface area (Å²) in [7, 11) is 0. The van der Waals surface area contributed by atoms with Gasteiger partial charge in [-0.3, -0.25) is 0 Å². The first-order valence-electron chi connectivity index (χ1n) is 8.12. The quantitative estimate of drug-likeness (QED) is 0.650. The molecule has 0 saturated heterocycles. The molecule has 0 saturated carbocycles. The summed E-state index contributed by atoms with van der Waals surface area (Å²) >= 11 is 0. The Bertz CT molecular complexity index is 678. The predicted octanol–water partition coefficient (Wildman–Crippen LogP) is 5.31. The molecule has 0 heterocycles. The topological polar surface area (TPSA) is 20.2 Å². The lowest BCUT2D eigenvalue weighted by molar-refractivity contribution is 0.125. The highest BCUT2D eigenvalue weighted by Gasteiger charge is 2.34. The van der Waals surface area contributed by atoms with E-state index >= 15 is 0 Å². The average molecular weight is 304 g/mol. The van der Waals surface area contributed by atoms with Gasteiger partial charge in [0.1, 0.15) is 5.60 Å². The van der Waals surface area contributed by atoms with Crippen LogP contribution in [0.2, 0.25) is 0 Å². The summed E-state index contributed by atoms with van der Waals surface area (Å²) in [6.07, 6.45) is 0. The lowest BCUT2D eigenvalue weighted by Crippen LogP contribution is -2.29. The lowest BCUT2D eigenvalue weighted by Gasteiger charge is -2.31. The molecule has 0 amide bonds. The van der Waals surface area contributed by atoms with Gasteiger partial charge in [-0.15, -0.1) is 0 Å². The van der Waals surface area contributed by atoms with E-state index in [0.29, 0.717) is 0 Å². The molecule has 0 aliphatic rings. The van der Waals surface area contributed by atoms with Crippen molar-refractivity contribution >= 4 is 0 Å². The van der Waals surface area contributed by atoms with Crippen molar-refractivity contribution in [3.63, 3.8) is 0 Å². The van der Waals surface area contributed by atoms with Crippen molar-refractivity contribution in [1.29, 1.82) is 0 Å². The average Bonchev–Trinajstić information content (AvgIpc) is 2.64. The van der Waals surface area contributed by atoms with Gasteiger partial charge in [0.2, 0.25) is 0 Å². The first kappa shape index (κ1) is 17.0. The number of hydrogen-bond donors (Lipinski definition) is 1. The van der Waals surface area contributed by atoms with Crippen molar-refractivity contribution in [2.45, 2.75) is 26.4 Å². The van der Waals surface area contributed by atoms with Gasteiger partial charge in [-0.05, 0) is 29.2 Å². The molecular formula is C22H24O. The van der Waals surface area contributed by atoms with Crippen LogP contribution in [0.15, 0.2) is 84.9 Å². The van der Waals surface area contributed by atoms with E-state index in [4.69, 9.17) is 0 Å². The molecule has 1 nitrogen and oxygen atoms in total. The molecule has 3 rings (SSSR count). The Morgan fingerprint density at radius 1 is 0.609 bits per heavy atom. The van der Waals surface area contributed by atoms with E-state index < -0.39 is 5.60 Å². The molecule has 0 radical (unpaired) electrons. The monoisotopic (exact) mass is 304 g/mol. The summed E-state index contributed by atoms with van der Waals surface area (Å²) < 4.78 is 0. The van der Waals surface area contributed by atoms with Crippen LogP contribution >= 0.6 is 0 Å². The molecule has 118 valence electrons. The standard InChI is InChI=1S/C20H18O.C2H6/c1-16-10-8-9-15-19(16)20(21,17-11-4-2-5-12-17)18-13-6-3-7-14-18;1-2/h2-15,21H,1H3;1-2H3. The first-order chi connectivity index (χ1) is 11.2. The third kappa shape index (κ3) is 3.35. The van der Waals surface area contributed by atoms with Crippen molar-refractivity contribution < 1.29 is 5.11 Å². The Morgan fingerprint density at radius 3 is 1.43 bits per heavy atom. The molecule has 23 heavy (non-hydrogen) atoms. The second-order valence-corrected chi connectivity index (χ2v) is 5.26. The highest BCUT2D eigenvalue weighted by Crippen LogP contribution is 2.37. The Balaban J connectivity index is 0.000000924.